The molecule has 1 aromatic carbocycles. The minimum atomic E-state index is -0.928. The number of carbonyl (C=O) groups excluding carboxylic acids is 2. The van der Waals surface area contributed by atoms with Crippen LogP contribution in [0.15, 0.2) is 36.7 Å². The summed E-state index contributed by atoms with van der Waals surface area (Å²) in [6.45, 7) is 4.41. The van der Waals surface area contributed by atoms with E-state index in [0.29, 0.717) is 31.0 Å². The second-order valence-electron chi connectivity index (χ2n) is 6.25. The van der Waals surface area contributed by atoms with Gasteiger partial charge in [-0.15, -0.1) is 0 Å². The van der Waals surface area contributed by atoms with Gasteiger partial charge in [-0.2, -0.15) is 0 Å². The molecular weight excluding hydrogens is 351 g/mol. The topological polar surface area (TPSA) is 84.4 Å². The van der Waals surface area contributed by atoms with E-state index in [1.165, 1.54) is 24.5 Å². The van der Waals surface area contributed by atoms with Gasteiger partial charge in [0.05, 0.1) is 12.2 Å². The third-order valence-corrected chi connectivity index (χ3v) is 4.35. The van der Waals surface area contributed by atoms with E-state index >= 15 is 0 Å². The van der Waals surface area contributed by atoms with Crippen molar-refractivity contribution in [3.63, 3.8) is 0 Å². The first-order valence-electron chi connectivity index (χ1n) is 8.84. The summed E-state index contributed by atoms with van der Waals surface area (Å²) >= 11 is 0. The lowest BCUT2D eigenvalue weighted by molar-refractivity contribution is -0.146. The van der Waals surface area contributed by atoms with E-state index in [1.807, 2.05) is 6.92 Å². The highest BCUT2D eigenvalue weighted by Gasteiger charge is 2.52. The van der Waals surface area contributed by atoms with E-state index in [1.54, 1.807) is 24.0 Å². The third-order valence-electron chi connectivity index (χ3n) is 4.35. The smallest absolute Gasteiger partial charge is 0.331 e. The molecule has 142 valence electrons. The minimum absolute atomic E-state index is 0.240. The van der Waals surface area contributed by atoms with Crippen LogP contribution in [0.1, 0.15) is 37.0 Å². The fourth-order valence-electron chi connectivity index (χ4n) is 2.73. The molecule has 1 aliphatic carbocycles. The molecule has 1 aromatic heterocycles. The molecule has 0 saturated heterocycles. The van der Waals surface area contributed by atoms with Gasteiger partial charge in [-0.05, 0) is 44.9 Å². The molecule has 0 bridgehead atoms. The van der Waals surface area contributed by atoms with E-state index in [9.17, 15) is 14.0 Å². The molecule has 0 spiro atoms. The number of halogens is 1. The lowest BCUT2D eigenvalue weighted by Gasteiger charge is -2.21. The van der Waals surface area contributed by atoms with Crippen LogP contribution in [0.5, 0.6) is 0 Å². The van der Waals surface area contributed by atoms with Crippen LogP contribution < -0.4 is 10.2 Å². The van der Waals surface area contributed by atoms with E-state index < -0.39 is 17.4 Å². The summed E-state index contributed by atoms with van der Waals surface area (Å²) in [5.74, 6) is -0.845. The van der Waals surface area contributed by atoms with Crippen LogP contribution in [0.3, 0.4) is 0 Å². The minimum Gasteiger partial charge on any atom is -0.464 e. The standard InChI is InChI=1S/C19H21FN4O3/c1-3-24(15-7-5-6-14(20)10-15)18-21-11-13(12-22-18)16(25)23-19(8-9-19)17(26)27-4-2/h5-7,10-12H,3-4,8-9H2,1-2H3,(H,23,25). The molecule has 0 atom stereocenters. The Morgan fingerprint density at radius 3 is 2.52 bits per heavy atom. The van der Waals surface area contributed by atoms with Gasteiger partial charge in [-0.1, -0.05) is 6.07 Å². The Bertz CT molecular complexity index is 837. The molecular formula is C19H21FN4O3. The molecule has 27 heavy (non-hydrogen) atoms. The number of carbonyl (C=O) groups is 2. The van der Waals surface area contributed by atoms with Gasteiger partial charge in [0, 0.05) is 24.6 Å². The van der Waals surface area contributed by atoms with Crippen molar-refractivity contribution in [2.24, 2.45) is 0 Å². The summed E-state index contributed by atoms with van der Waals surface area (Å²) in [6, 6.07) is 6.12. The van der Waals surface area contributed by atoms with E-state index in [2.05, 4.69) is 15.3 Å². The number of hydrogen-bond acceptors (Lipinski definition) is 6. The van der Waals surface area contributed by atoms with Crippen molar-refractivity contribution >= 4 is 23.5 Å². The Hall–Kier alpha value is -3.03. The van der Waals surface area contributed by atoms with E-state index in [0.717, 1.165) is 0 Å². The zero-order chi connectivity index (χ0) is 19.4. The first-order valence-corrected chi connectivity index (χ1v) is 8.84. The maximum atomic E-state index is 13.5. The van der Waals surface area contributed by atoms with Crippen LogP contribution in [0.4, 0.5) is 16.0 Å². The Morgan fingerprint density at radius 1 is 1.26 bits per heavy atom. The first-order chi connectivity index (χ1) is 13.0. The highest BCUT2D eigenvalue weighted by Crippen LogP contribution is 2.37. The number of anilines is 2. The molecule has 0 unspecified atom stereocenters. The molecule has 3 rings (SSSR count). The van der Waals surface area contributed by atoms with Gasteiger partial charge < -0.3 is 15.0 Å². The zero-order valence-electron chi connectivity index (χ0n) is 15.2. The molecule has 7 nitrogen and oxygen atoms in total. The van der Waals surface area contributed by atoms with Crippen molar-refractivity contribution in [1.82, 2.24) is 15.3 Å². The van der Waals surface area contributed by atoms with Crippen molar-refractivity contribution in [2.45, 2.75) is 32.2 Å². The quantitative estimate of drug-likeness (QED) is 0.752. The Kier molecular flexibility index (Phi) is 5.34. The van der Waals surface area contributed by atoms with Gasteiger partial charge in [0.1, 0.15) is 11.4 Å². The number of rotatable bonds is 7. The van der Waals surface area contributed by atoms with Crippen molar-refractivity contribution in [3.8, 4) is 0 Å². The summed E-state index contributed by atoms with van der Waals surface area (Å²) in [5, 5.41) is 2.71. The average Bonchev–Trinajstić information content (AvgIpc) is 3.44. The second kappa shape index (κ2) is 7.69. The summed E-state index contributed by atoms with van der Waals surface area (Å²) in [7, 11) is 0. The highest BCUT2D eigenvalue weighted by atomic mass is 19.1. The van der Waals surface area contributed by atoms with Gasteiger partial charge in [0.2, 0.25) is 5.95 Å². The maximum Gasteiger partial charge on any atom is 0.331 e. The number of hydrogen-bond donors (Lipinski definition) is 1. The SMILES string of the molecule is CCOC(=O)C1(NC(=O)c2cnc(N(CC)c3cccc(F)c3)nc2)CC1. The molecule has 0 radical (unpaired) electrons. The Balaban J connectivity index is 1.73. The summed E-state index contributed by atoms with van der Waals surface area (Å²) in [6.07, 6.45) is 3.89. The van der Waals surface area contributed by atoms with Crippen LogP contribution in [0.25, 0.3) is 0 Å². The predicted octanol–water partition coefficient (Wildman–Crippen LogP) is 2.60. The largest absolute Gasteiger partial charge is 0.464 e. The van der Waals surface area contributed by atoms with E-state index in [4.69, 9.17) is 4.74 Å². The molecule has 1 N–H and O–H groups in total. The maximum absolute atomic E-state index is 13.5. The van der Waals surface area contributed by atoms with Crippen LogP contribution in [0.2, 0.25) is 0 Å². The summed E-state index contributed by atoms with van der Waals surface area (Å²) in [4.78, 5) is 34.5. The van der Waals surface area contributed by atoms with Crippen LogP contribution in [0, 0.1) is 5.82 Å². The van der Waals surface area contributed by atoms with Crippen LogP contribution >= 0.6 is 0 Å². The molecule has 1 saturated carbocycles. The fraction of sp³-hybridized carbons (Fsp3) is 0.368. The number of amides is 1. The van der Waals surface area contributed by atoms with Gasteiger partial charge in [0.25, 0.3) is 5.91 Å². The number of nitrogens with zero attached hydrogens (tertiary/aromatic N) is 3. The molecule has 1 aliphatic rings. The van der Waals surface area contributed by atoms with Crippen molar-refractivity contribution in [3.05, 3.63) is 48.0 Å². The van der Waals surface area contributed by atoms with Crippen molar-refractivity contribution in [2.75, 3.05) is 18.1 Å². The number of ether oxygens (including phenoxy) is 1. The van der Waals surface area contributed by atoms with Gasteiger partial charge in [0.15, 0.2) is 0 Å². The van der Waals surface area contributed by atoms with Crippen molar-refractivity contribution < 1.29 is 18.7 Å². The van der Waals surface area contributed by atoms with Gasteiger partial charge in [-0.25, -0.2) is 19.2 Å². The van der Waals surface area contributed by atoms with Crippen LogP contribution in [-0.4, -0.2) is 40.5 Å². The molecule has 1 fully saturated rings. The molecule has 8 heteroatoms. The van der Waals surface area contributed by atoms with Gasteiger partial charge >= 0.3 is 5.97 Å². The predicted molar refractivity (Wildman–Crippen MR) is 97.2 cm³/mol. The first kappa shape index (κ1) is 18.8. The molecule has 1 amide bonds. The molecule has 1 heterocycles. The molecule has 2 aromatic rings. The fourth-order valence-corrected chi connectivity index (χ4v) is 2.73. The number of nitrogens with one attached hydrogen (secondary N) is 1. The lowest BCUT2D eigenvalue weighted by Crippen LogP contribution is -2.44. The molecule has 0 aliphatic heterocycles. The number of benzene rings is 1. The third kappa shape index (κ3) is 4.05. The van der Waals surface area contributed by atoms with Crippen LogP contribution in [-0.2, 0) is 9.53 Å². The number of aromatic nitrogens is 2. The summed E-state index contributed by atoms with van der Waals surface area (Å²) in [5.41, 5.74) is -0.0680. The second-order valence-corrected chi connectivity index (χ2v) is 6.25. The Labute approximate surface area is 156 Å². The lowest BCUT2D eigenvalue weighted by atomic mass is 10.2. The monoisotopic (exact) mass is 372 g/mol. The average molecular weight is 372 g/mol. The zero-order valence-corrected chi connectivity index (χ0v) is 15.2. The van der Waals surface area contributed by atoms with E-state index in [-0.39, 0.29) is 18.0 Å². The highest BCUT2D eigenvalue weighted by molar-refractivity contribution is 5.99. The Morgan fingerprint density at radius 2 is 1.96 bits per heavy atom. The van der Waals surface area contributed by atoms with Gasteiger partial charge in [-0.3, -0.25) is 4.79 Å². The number of esters is 1. The van der Waals surface area contributed by atoms with Crippen molar-refractivity contribution in [1.29, 1.82) is 0 Å². The normalized spacial score (nSPS) is 14.3. The summed E-state index contributed by atoms with van der Waals surface area (Å²) < 4.78 is 18.5.